The lowest BCUT2D eigenvalue weighted by molar-refractivity contribution is 0.116. The average molecular weight is 261 g/mol. The highest BCUT2D eigenvalue weighted by atomic mass is 16.3. The first-order valence-electron chi connectivity index (χ1n) is 6.87. The molecule has 1 fully saturated rings. The molecular formula is C15H23N3O. The number of nitrogens with zero attached hydrogens (tertiary/aromatic N) is 1. The average Bonchev–Trinajstić information content (AvgIpc) is 2.41. The van der Waals surface area contributed by atoms with Crippen LogP contribution >= 0.6 is 0 Å². The number of nitrogen functional groups attached to an aromatic ring is 1. The number of aliphatic hydroxyl groups excluding tert-OH is 1. The fourth-order valence-corrected chi connectivity index (χ4v) is 2.73. The molecule has 0 saturated carbocycles. The summed E-state index contributed by atoms with van der Waals surface area (Å²) in [6.45, 7) is 5.35. The Balaban J connectivity index is 2.04. The van der Waals surface area contributed by atoms with Crippen molar-refractivity contribution in [3.05, 3.63) is 34.9 Å². The smallest absolute Gasteiger partial charge is 0.122 e. The van der Waals surface area contributed by atoms with Gasteiger partial charge in [-0.1, -0.05) is 12.1 Å². The van der Waals surface area contributed by atoms with E-state index in [0.29, 0.717) is 12.5 Å². The van der Waals surface area contributed by atoms with E-state index in [1.165, 1.54) is 11.1 Å². The molecule has 1 heterocycles. The molecule has 4 heteroatoms. The Labute approximate surface area is 114 Å². The van der Waals surface area contributed by atoms with Gasteiger partial charge in [0.15, 0.2) is 0 Å². The van der Waals surface area contributed by atoms with Crippen molar-refractivity contribution in [2.24, 2.45) is 11.7 Å². The minimum atomic E-state index is 0.118. The molecule has 0 bridgehead atoms. The second-order valence-corrected chi connectivity index (χ2v) is 5.48. The summed E-state index contributed by atoms with van der Waals surface area (Å²) in [5.41, 5.74) is 8.74. The van der Waals surface area contributed by atoms with E-state index in [9.17, 15) is 5.11 Å². The molecule has 0 amide bonds. The van der Waals surface area contributed by atoms with Crippen LogP contribution in [0, 0.1) is 18.3 Å². The Morgan fingerprint density at radius 3 is 2.95 bits per heavy atom. The summed E-state index contributed by atoms with van der Waals surface area (Å²) in [6.07, 6.45) is 2.30. The van der Waals surface area contributed by atoms with Crippen molar-refractivity contribution >= 4 is 5.84 Å². The van der Waals surface area contributed by atoms with Crippen LogP contribution in [0.1, 0.15) is 29.5 Å². The Kier molecular flexibility index (Phi) is 4.56. The highest BCUT2D eigenvalue weighted by Gasteiger charge is 2.19. The summed E-state index contributed by atoms with van der Waals surface area (Å²) in [4.78, 5) is 2.40. The van der Waals surface area contributed by atoms with E-state index >= 15 is 0 Å². The van der Waals surface area contributed by atoms with Gasteiger partial charge in [-0.2, -0.15) is 0 Å². The van der Waals surface area contributed by atoms with E-state index < -0.39 is 0 Å². The van der Waals surface area contributed by atoms with E-state index in [2.05, 4.69) is 17.9 Å². The minimum Gasteiger partial charge on any atom is -0.396 e. The van der Waals surface area contributed by atoms with Crippen molar-refractivity contribution in [3.63, 3.8) is 0 Å². The quantitative estimate of drug-likeness (QED) is 0.568. The molecule has 1 aromatic carbocycles. The Morgan fingerprint density at radius 1 is 1.53 bits per heavy atom. The maximum atomic E-state index is 9.26. The van der Waals surface area contributed by atoms with Gasteiger partial charge in [-0.25, -0.2) is 0 Å². The number of hydrogen-bond donors (Lipinski definition) is 3. The number of rotatable bonds is 4. The van der Waals surface area contributed by atoms with Crippen LogP contribution in [0.25, 0.3) is 0 Å². The lowest BCUT2D eigenvalue weighted by Crippen LogP contribution is -2.36. The fourth-order valence-electron chi connectivity index (χ4n) is 2.73. The molecule has 2 rings (SSSR count). The van der Waals surface area contributed by atoms with E-state index in [1.807, 2.05) is 12.1 Å². The first-order valence-corrected chi connectivity index (χ1v) is 6.87. The van der Waals surface area contributed by atoms with E-state index in [1.54, 1.807) is 0 Å². The molecule has 1 saturated heterocycles. The van der Waals surface area contributed by atoms with Crippen molar-refractivity contribution in [1.29, 1.82) is 5.41 Å². The second-order valence-electron chi connectivity index (χ2n) is 5.48. The van der Waals surface area contributed by atoms with Crippen LogP contribution in [0.3, 0.4) is 0 Å². The van der Waals surface area contributed by atoms with Crippen molar-refractivity contribution < 1.29 is 5.11 Å². The summed E-state index contributed by atoms with van der Waals surface area (Å²) in [7, 11) is 0. The third-order valence-corrected chi connectivity index (χ3v) is 3.91. The number of aryl methyl sites for hydroxylation is 1. The molecule has 1 atom stereocenters. The molecule has 1 aliphatic rings. The SMILES string of the molecule is Cc1cc(C(=N)N)ccc1CN1CCCC(CO)C1. The Hall–Kier alpha value is -1.39. The third kappa shape index (κ3) is 3.55. The third-order valence-electron chi connectivity index (χ3n) is 3.91. The van der Waals surface area contributed by atoms with Crippen LogP contribution in [-0.4, -0.2) is 35.5 Å². The first kappa shape index (κ1) is 14.0. The zero-order valence-electron chi connectivity index (χ0n) is 11.5. The predicted molar refractivity (Wildman–Crippen MR) is 77.3 cm³/mol. The van der Waals surface area contributed by atoms with Crippen LogP contribution < -0.4 is 5.73 Å². The molecule has 4 N–H and O–H groups in total. The van der Waals surface area contributed by atoms with Crippen LogP contribution in [0.4, 0.5) is 0 Å². The van der Waals surface area contributed by atoms with Gasteiger partial charge >= 0.3 is 0 Å². The standard InChI is InChI=1S/C15H23N3O/c1-11-7-13(15(16)17)4-5-14(11)9-18-6-2-3-12(8-18)10-19/h4-5,7,12,19H,2-3,6,8-10H2,1H3,(H3,16,17). The van der Waals surface area contributed by atoms with Gasteiger partial charge in [-0.15, -0.1) is 0 Å². The number of likely N-dealkylation sites (tertiary alicyclic amines) is 1. The van der Waals surface area contributed by atoms with Crippen molar-refractivity contribution in [1.82, 2.24) is 4.90 Å². The predicted octanol–water partition coefficient (Wildman–Crippen LogP) is 1.48. The number of nitrogens with two attached hydrogens (primary N) is 1. The number of nitrogens with one attached hydrogen (secondary N) is 1. The minimum absolute atomic E-state index is 0.118. The summed E-state index contributed by atoms with van der Waals surface area (Å²) < 4.78 is 0. The number of amidine groups is 1. The molecular weight excluding hydrogens is 238 g/mol. The normalized spacial score (nSPS) is 20.4. The van der Waals surface area contributed by atoms with Gasteiger partial charge in [-0.05, 0) is 49.4 Å². The molecule has 1 aliphatic heterocycles. The highest BCUT2D eigenvalue weighted by Crippen LogP contribution is 2.20. The molecule has 4 nitrogen and oxygen atoms in total. The van der Waals surface area contributed by atoms with Gasteiger partial charge in [0, 0.05) is 25.3 Å². The molecule has 0 aliphatic carbocycles. The van der Waals surface area contributed by atoms with Crippen molar-refractivity contribution in [2.45, 2.75) is 26.3 Å². The molecule has 1 aromatic rings. The van der Waals surface area contributed by atoms with E-state index in [-0.39, 0.29) is 5.84 Å². The molecule has 0 aromatic heterocycles. The Morgan fingerprint density at radius 2 is 2.32 bits per heavy atom. The van der Waals surface area contributed by atoms with E-state index in [0.717, 1.165) is 38.0 Å². The summed E-state index contributed by atoms with van der Waals surface area (Å²) in [6, 6.07) is 5.96. The number of hydrogen-bond acceptors (Lipinski definition) is 3. The summed E-state index contributed by atoms with van der Waals surface area (Å²) in [5, 5.41) is 16.7. The topological polar surface area (TPSA) is 73.3 Å². The molecule has 104 valence electrons. The van der Waals surface area contributed by atoms with Crippen LogP contribution in [-0.2, 0) is 6.54 Å². The first-order chi connectivity index (χ1) is 9.10. The van der Waals surface area contributed by atoms with Gasteiger partial charge < -0.3 is 10.8 Å². The van der Waals surface area contributed by atoms with Gasteiger partial charge in [0.05, 0.1) is 0 Å². The van der Waals surface area contributed by atoms with Gasteiger partial charge in [0.2, 0.25) is 0 Å². The maximum Gasteiger partial charge on any atom is 0.122 e. The summed E-state index contributed by atoms with van der Waals surface area (Å²) in [5.74, 6) is 0.540. The van der Waals surface area contributed by atoms with Crippen LogP contribution in [0.2, 0.25) is 0 Å². The lowest BCUT2D eigenvalue weighted by Gasteiger charge is -2.32. The van der Waals surface area contributed by atoms with Gasteiger partial charge in [0.25, 0.3) is 0 Å². The highest BCUT2D eigenvalue weighted by molar-refractivity contribution is 5.95. The largest absolute Gasteiger partial charge is 0.396 e. The zero-order valence-corrected chi connectivity index (χ0v) is 11.5. The number of aliphatic hydroxyl groups is 1. The van der Waals surface area contributed by atoms with Crippen LogP contribution in [0.5, 0.6) is 0 Å². The lowest BCUT2D eigenvalue weighted by atomic mass is 9.97. The van der Waals surface area contributed by atoms with Gasteiger partial charge in [-0.3, -0.25) is 10.3 Å². The summed E-state index contributed by atoms with van der Waals surface area (Å²) >= 11 is 0. The Bertz CT molecular complexity index is 459. The zero-order chi connectivity index (χ0) is 13.8. The molecule has 0 radical (unpaired) electrons. The fraction of sp³-hybridized carbons (Fsp3) is 0.533. The van der Waals surface area contributed by atoms with Crippen molar-refractivity contribution in [2.75, 3.05) is 19.7 Å². The molecule has 1 unspecified atom stereocenters. The van der Waals surface area contributed by atoms with Crippen molar-refractivity contribution in [3.8, 4) is 0 Å². The molecule has 0 spiro atoms. The number of benzene rings is 1. The monoisotopic (exact) mass is 261 g/mol. The second kappa shape index (κ2) is 6.17. The molecule has 19 heavy (non-hydrogen) atoms. The van der Waals surface area contributed by atoms with E-state index in [4.69, 9.17) is 11.1 Å². The van der Waals surface area contributed by atoms with Crippen LogP contribution in [0.15, 0.2) is 18.2 Å². The number of piperidine rings is 1. The maximum absolute atomic E-state index is 9.26. The van der Waals surface area contributed by atoms with Gasteiger partial charge in [0.1, 0.15) is 5.84 Å².